The molecule has 2 heterocycles. The number of aromatic nitrogens is 2. The summed E-state index contributed by atoms with van der Waals surface area (Å²) >= 11 is 1.47. The van der Waals surface area contributed by atoms with E-state index >= 15 is 0 Å². The summed E-state index contributed by atoms with van der Waals surface area (Å²) in [5.41, 5.74) is 4.32. The fourth-order valence-electron chi connectivity index (χ4n) is 3.23. The zero-order chi connectivity index (χ0) is 22.0. The number of nitrogens with one attached hydrogen (secondary N) is 1. The van der Waals surface area contributed by atoms with E-state index in [1.807, 2.05) is 32.0 Å². The molecule has 0 fully saturated rings. The second-order valence-corrected chi connectivity index (χ2v) is 8.08. The number of amides is 1. The summed E-state index contributed by atoms with van der Waals surface area (Å²) in [6.07, 6.45) is 1.73. The van der Waals surface area contributed by atoms with Crippen LogP contribution in [0.1, 0.15) is 34.2 Å². The molecule has 0 atom stereocenters. The molecule has 4 rings (SSSR count). The van der Waals surface area contributed by atoms with E-state index < -0.39 is 0 Å². The highest BCUT2D eigenvalue weighted by Gasteiger charge is 2.27. The number of carbonyl (C=O) groups is 1. The van der Waals surface area contributed by atoms with E-state index in [0.717, 1.165) is 32.6 Å². The molecule has 31 heavy (non-hydrogen) atoms. The van der Waals surface area contributed by atoms with Gasteiger partial charge in [0.1, 0.15) is 0 Å². The molecule has 1 aromatic heterocycles. The standard InChI is InChI=1S/C24H19N5OS/c1-4-5-10-29-20-9-7-18(28-23-16(3)26-14-15(2)27-23)12-22(20)31-21-11-17(13-25)6-8-19(21)24(29)30/h6-9,11-12,14H,10H2,1-3H3,(H,27,28). The highest BCUT2D eigenvalue weighted by atomic mass is 32.2. The van der Waals surface area contributed by atoms with E-state index in [9.17, 15) is 10.1 Å². The van der Waals surface area contributed by atoms with Gasteiger partial charge in [-0.15, -0.1) is 5.92 Å². The van der Waals surface area contributed by atoms with Crippen molar-refractivity contribution in [2.45, 2.75) is 30.6 Å². The highest BCUT2D eigenvalue weighted by molar-refractivity contribution is 7.99. The number of nitrogens with zero attached hydrogens (tertiary/aromatic N) is 4. The first-order valence-electron chi connectivity index (χ1n) is 9.65. The van der Waals surface area contributed by atoms with Crippen molar-refractivity contribution in [3.8, 4) is 17.9 Å². The number of carbonyl (C=O) groups excluding carboxylic acids is 1. The average molecular weight is 426 g/mol. The van der Waals surface area contributed by atoms with Crippen molar-refractivity contribution < 1.29 is 4.79 Å². The van der Waals surface area contributed by atoms with Crippen LogP contribution in [0, 0.1) is 37.0 Å². The van der Waals surface area contributed by atoms with Crippen molar-refractivity contribution in [3.63, 3.8) is 0 Å². The Labute approximate surface area is 185 Å². The lowest BCUT2D eigenvalue weighted by atomic mass is 10.1. The summed E-state index contributed by atoms with van der Waals surface area (Å²) < 4.78 is 0. The molecule has 0 unspecified atom stereocenters. The van der Waals surface area contributed by atoms with Gasteiger partial charge in [0.05, 0.1) is 40.8 Å². The van der Waals surface area contributed by atoms with E-state index in [1.54, 1.807) is 36.2 Å². The monoisotopic (exact) mass is 425 g/mol. The van der Waals surface area contributed by atoms with Gasteiger partial charge in [-0.3, -0.25) is 14.7 Å². The second-order valence-electron chi connectivity index (χ2n) is 7.00. The molecule has 0 bridgehead atoms. The van der Waals surface area contributed by atoms with Crippen molar-refractivity contribution in [3.05, 3.63) is 65.1 Å². The maximum absolute atomic E-state index is 13.3. The normalized spacial score (nSPS) is 12.1. The van der Waals surface area contributed by atoms with Crippen LogP contribution in [-0.4, -0.2) is 22.4 Å². The topological polar surface area (TPSA) is 81.9 Å². The van der Waals surface area contributed by atoms with Crippen LogP contribution >= 0.6 is 11.8 Å². The number of hydrogen-bond acceptors (Lipinski definition) is 6. The zero-order valence-corrected chi connectivity index (χ0v) is 18.2. The molecule has 1 amide bonds. The van der Waals surface area contributed by atoms with Crippen LogP contribution in [0.2, 0.25) is 0 Å². The minimum absolute atomic E-state index is 0.130. The van der Waals surface area contributed by atoms with Crippen LogP contribution in [0.4, 0.5) is 17.2 Å². The second kappa shape index (κ2) is 8.51. The fourth-order valence-corrected chi connectivity index (χ4v) is 4.39. The Kier molecular flexibility index (Phi) is 5.62. The van der Waals surface area contributed by atoms with Gasteiger partial charge in [0.25, 0.3) is 5.91 Å². The molecular formula is C24H19N5OS. The lowest BCUT2D eigenvalue weighted by Crippen LogP contribution is -2.31. The van der Waals surface area contributed by atoms with Gasteiger partial charge >= 0.3 is 0 Å². The van der Waals surface area contributed by atoms with Crippen LogP contribution in [0.15, 0.2) is 52.4 Å². The maximum Gasteiger partial charge on any atom is 0.260 e. The predicted octanol–water partition coefficient (Wildman–Crippen LogP) is 4.84. The number of hydrogen-bond donors (Lipinski definition) is 1. The van der Waals surface area contributed by atoms with E-state index in [0.29, 0.717) is 16.9 Å². The summed E-state index contributed by atoms with van der Waals surface area (Å²) in [5, 5.41) is 12.6. The number of aryl methyl sites for hydroxylation is 2. The number of benzene rings is 2. The van der Waals surface area contributed by atoms with E-state index in [2.05, 4.69) is 33.2 Å². The van der Waals surface area contributed by atoms with Crippen molar-refractivity contribution in [2.75, 3.05) is 16.8 Å². The van der Waals surface area contributed by atoms with Crippen LogP contribution in [0.25, 0.3) is 0 Å². The molecular weight excluding hydrogens is 406 g/mol. The van der Waals surface area contributed by atoms with Crippen molar-refractivity contribution >= 4 is 34.9 Å². The van der Waals surface area contributed by atoms with Gasteiger partial charge in [-0.1, -0.05) is 17.7 Å². The first-order chi connectivity index (χ1) is 15.0. The molecule has 0 aliphatic carbocycles. The van der Waals surface area contributed by atoms with Gasteiger partial charge in [0, 0.05) is 21.7 Å². The van der Waals surface area contributed by atoms with Gasteiger partial charge < -0.3 is 5.32 Å². The van der Waals surface area contributed by atoms with Gasteiger partial charge in [-0.05, 0) is 57.2 Å². The van der Waals surface area contributed by atoms with E-state index in [4.69, 9.17) is 0 Å². The van der Waals surface area contributed by atoms with Crippen molar-refractivity contribution in [2.24, 2.45) is 0 Å². The quantitative estimate of drug-likeness (QED) is 0.605. The molecule has 0 saturated carbocycles. The van der Waals surface area contributed by atoms with Crippen molar-refractivity contribution in [1.82, 2.24) is 9.97 Å². The van der Waals surface area contributed by atoms with E-state index in [1.165, 1.54) is 11.8 Å². The minimum atomic E-state index is -0.130. The number of rotatable bonds is 3. The van der Waals surface area contributed by atoms with Crippen LogP contribution < -0.4 is 10.2 Å². The molecule has 1 aliphatic heterocycles. The summed E-state index contributed by atoms with van der Waals surface area (Å²) in [7, 11) is 0. The lowest BCUT2D eigenvalue weighted by molar-refractivity contribution is 0.0987. The molecule has 3 aromatic rings. The van der Waals surface area contributed by atoms with E-state index in [-0.39, 0.29) is 12.5 Å². The first-order valence-corrected chi connectivity index (χ1v) is 10.5. The van der Waals surface area contributed by atoms with Crippen molar-refractivity contribution in [1.29, 1.82) is 5.26 Å². The van der Waals surface area contributed by atoms with Gasteiger partial charge in [-0.2, -0.15) is 5.26 Å². The Bertz CT molecular complexity index is 1300. The van der Waals surface area contributed by atoms with Crippen LogP contribution in [0.5, 0.6) is 0 Å². The predicted molar refractivity (Wildman–Crippen MR) is 122 cm³/mol. The van der Waals surface area contributed by atoms with Crippen LogP contribution in [0.3, 0.4) is 0 Å². The average Bonchev–Trinajstić information content (AvgIpc) is 2.88. The third-order valence-electron chi connectivity index (χ3n) is 4.81. The zero-order valence-electron chi connectivity index (χ0n) is 17.4. The van der Waals surface area contributed by atoms with Crippen LogP contribution in [-0.2, 0) is 0 Å². The Morgan fingerprint density at radius 2 is 2.00 bits per heavy atom. The fraction of sp³-hybridized carbons (Fsp3) is 0.167. The number of anilines is 3. The highest BCUT2D eigenvalue weighted by Crippen LogP contribution is 2.43. The van der Waals surface area contributed by atoms with Gasteiger partial charge in [-0.25, -0.2) is 4.98 Å². The Hall–Kier alpha value is -3.81. The molecule has 2 aromatic carbocycles. The number of nitriles is 1. The molecule has 0 saturated heterocycles. The van der Waals surface area contributed by atoms with Gasteiger partial charge in [0.2, 0.25) is 0 Å². The Balaban J connectivity index is 1.80. The smallest absolute Gasteiger partial charge is 0.260 e. The largest absolute Gasteiger partial charge is 0.339 e. The first kappa shape index (κ1) is 20.5. The molecule has 0 spiro atoms. The lowest BCUT2D eigenvalue weighted by Gasteiger charge is -2.21. The maximum atomic E-state index is 13.3. The number of fused-ring (bicyclic) bond motifs is 2. The summed E-state index contributed by atoms with van der Waals surface area (Å²) in [6, 6.07) is 13.1. The summed E-state index contributed by atoms with van der Waals surface area (Å²) in [5.74, 6) is 6.42. The minimum Gasteiger partial charge on any atom is -0.339 e. The molecule has 1 aliphatic rings. The molecule has 0 radical (unpaired) electrons. The third-order valence-corrected chi connectivity index (χ3v) is 5.91. The molecule has 6 nitrogen and oxygen atoms in total. The Morgan fingerprint density at radius 3 is 2.77 bits per heavy atom. The summed E-state index contributed by atoms with van der Waals surface area (Å²) in [6.45, 7) is 5.84. The van der Waals surface area contributed by atoms with Gasteiger partial charge in [0.15, 0.2) is 5.82 Å². The molecule has 1 N–H and O–H groups in total. The molecule has 7 heteroatoms. The third kappa shape index (κ3) is 4.09. The SMILES string of the molecule is CC#CCN1C(=O)c2ccc(C#N)cc2Sc2cc(Nc3nc(C)cnc3C)ccc21. The summed E-state index contributed by atoms with van der Waals surface area (Å²) in [4.78, 5) is 25.5. The molecule has 152 valence electrons. The Morgan fingerprint density at radius 1 is 1.16 bits per heavy atom.